The average Bonchev–Trinajstić information content (AvgIpc) is 2.82. The fourth-order valence-electron chi connectivity index (χ4n) is 2.52. The molecule has 4 heteroatoms. The van der Waals surface area contributed by atoms with Gasteiger partial charge in [-0.1, -0.05) is 31.5 Å². The summed E-state index contributed by atoms with van der Waals surface area (Å²) in [6.45, 7) is 9.29. The van der Waals surface area contributed by atoms with E-state index >= 15 is 0 Å². The third-order valence-electron chi connectivity index (χ3n) is 3.64. The maximum absolute atomic E-state index is 6.16. The molecule has 21 heavy (non-hydrogen) atoms. The first-order chi connectivity index (χ1) is 10.2. The molecule has 1 aromatic carbocycles. The summed E-state index contributed by atoms with van der Waals surface area (Å²) >= 11 is 6.16. The van der Waals surface area contributed by atoms with Gasteiger partial charge in [0.2, 0.25) is 0 Å². The highest BCUT2D eigenvalue weighted by atomic mass is 35.5. The third-order valence-corrected chi connectivity index (χ3v) is 3.87. The lowest BCUT2D eigenvalue weighted by atomic mass is 10.00. The van der Waals surface area contributed by atoms with Gasteiger partial charge in [0.05, 0.1) is 6.20 Å². The number of benzene rings is 1. The second-order valence-electron chi connectivity index (χ2n) is 5.35. The number of aryl methyl sites for hydroxylation is 1. The first-order valence-electron chi connectivity index (χ1n) is 7.69. The van der Waals surface area contributed by atoms with Crippen LogP contribution in [0.3, 0.4) is 0 Å². The Labute approximate surface area is 132 Å². The second-order valence-corrected chi connectivity index (χ2v) is 5.78. The van der Waals surface area contributed by atoms with Crippen LogP contribution in [0.2, 0.25) is 5.02 Å². The van der Waals surface area contributed by atoms with Crippen LogP contribution in [0.15, 0.2) is 24.4 Å². The van der Waals surface area contributed by atoms with Gasteiger partial charge in [0.15, 0.2) is 0 Å². The molecule has 1 heterocycles. The number of hydrogen-bond acceptors (Lipinski definition) is 2. The summed E-state index contributed by atoms with van der Waals surface area (Å²) in [5.74, 6) is 0. The topological polar surface area (TPSA) is 29.9 Å². The van der Waals surface area contributed by atoms with E-state index < -0.39 is 0 Å². The number of hydrogen-bond donors (Lipinski definition) is 1. The minimum Gasteiger partial charge on any atom is -0.313 e. The molecule has 0 atom stereocenters. The van der Waals surface area contributed by atoms with Crippen molar-refractivity contribution in [3.63, 3.8) is 0 Å². The SMILES string of the molecule is CCCNCc1cc(Cl)ccc1-c1cnn(CCC)c1C. The lowest BCUT2D eigenvalue weighted by Crippen LogP contribution is -2.14. The van der Waals surface area contributed by atoms with Crippen LogP contribution < -0.4 is 5.32 Å². The standard InChI is InChI=1S/C17H24ClN3/c1-4-8-19-11-14-10-15(18)6-7-16(14)17-12-20-21(9-5-2)13(17)3/h6-7,10,12,19H,4-5,8-9,11H2,1-3H3. The van der Waals surface area contributed by atoms with E-state index in [2.05, 4.69) is 48.0 Å². The Morgan fingerprint density at radius 2 is 2.00 bits per heavy atom. The van der Waals surface area contributed by atoms with Crippen LogP contribution in [-0.4, -0.2) is 16.3 Å². The minimum atomic E-state index is 0.783. The quantitative estimate of drug-likeness (QED) is 0.767. The molecule has 2 rings (SSSR count). The molecule has 0 aliphatic carbocycles. The summed E-state index contributed by atoms with van der Waals surface area (Å²) in [4.78, 5) is 0. The van der Waals surface area contributed by atoms with Gasteiger partial charge in [-0.15, -0.1) is 0 Å². The van der Waals surface area contributed by atoms with Gasteiger partial charge in [0, 0.05) is 29.4 Å². The molecule has 114 valence electrons. The van der Waals surface area contributed by atoms with Crippen molar-refractivity contribution in [1.29, 1.82) is 0 Å². The Kier molecular flexibility index (Phi) is 5.83. The maximum Gasteiger partial charge on any atom is 0.0571 e. The van der Waals surface area contributed by atoms with Crippen LogP contribution in [0.1, 0.15) is 37.9 Å². The van der Waals surface area contributed by atoms with E-state index in [9.17, 15) is 0 Å². The van der Waals surface area contributed by atoms with Crippen molar-refractivity contribution in [2.24, 2.45) is 0 Å². The van der Waals surface area contributed by atoms with E-state index in [0.29, 0.717) is 0 Å². The summed E-state index contributed by atoms with van der Waals surface area (Å²) in [6, 6.07) is 6.11. The molecule has 0 saturated carbocycles. The van der Waals surface area contributed by atoms with Gasteiger partial charge in [0.1, 0.15) is 0 Å². The van der Waals surface area contributed by atoms with E-state index in [1.807, 2.05) is 12.3 Å². The minimum absolute atomic E-state index is 0.783. The Bertz CT molecular complexity index is 590. The van der Waals surface area contributed by atoms with Crippen LogP contribution in [0, 0.1) is 6.92 Å². The molecular weight excluding hydrogens is 282 g/mol. The predicted molar refractivity (Wildman–Crippen MR) is 89.7 cm³/mol. The number of halogens is 1. The normalized spacial score (nSPS) is 11.0. The zero-order chi connectivity index (χ0) is 15.2. The lowest BCUT2D eigenvalue weighted by Gasteiger charge is -2.11. The summed E-state index contributed by atoms with van der Waals surface area (Å²) in [5.41, 5.74) is 4.88. The molecule has 0 aliphatic heterocycles. The molecule has 0 unspecified atom stereocenters. The highest BCUT2D eigenvalue weighted by Crippen LogP contribution is 2.29. The van der Waals surface area contributed by atoms with E-state index in [-0.39, 0.29) is 0 Å². The van der Waals surface area contributed by atoms with Crippen molar-refractivity contribution in [3.05, 3.63) is 40.7 Å². The largest absolute Gasteiger partial charge is 0.313 e. The van der Waals surface area contributed by atoms with Crippen LogP contribution >= 0.6 is 11.6 Å². The van der Waals surface area contributed by atoms with Gasteiger partial charge in [0.25, 0.3) is 0 Å². The van der Waals surface area contributed by atoms with E-state index in [4.69, 9.17) is 11.6 Å². The van der Waals surface area contributed by atoms with Crippen LogP contribution in [0.5, 0.6) is 0 Å². The zero-order valence-corrected chi connectivity index (χ0v) is 13.9. The summed E-state index contributed by atoms with van der Waals surface area (Å²) in [7, 11) is 0. The highest BCUT2D eigenvalue weighted by molar-refractivity contribution is 6.30. The van der Waals surface area contributed by atoms with E-state index in [1.165, 1.54) is 22.4 Å². The monoisotopic (exact) mass is 305 g/mol. The molecule has 0 fully saturated rings. The number of aromatic nitrogens is 2. The Hall–Kier alpha value is -1.32. The van der Waals surface area contributed by atoms with Crippen molar-refractivity contribution < 1.29 is 0 Å². The van der Waals surface area contributed by atoms with Gasteiger partial charge < -0.3 is 5.32 Å². The van der Waals surface area contributed by atoms with Gasteiger partial charge >= 0.3 is 0 Å². The smallest absolute Gasteiger partial charge is 0.0571 e. The summed E-state index contributed by atoms with van der Waals surface area (Å²) in [6.07, 6.45) is 4.19. The molecule has 0 saturated heterocycles. The summed E-state index contributed by atoms with van der Waals surface area (Å²) in [5, 5.41) is 8.74. The first kappa shape index (κ1) is 16.1. The van der Waals surface area contributed by atoms with Crippen LogP contribution in [-0.2, 0) is 13.1 Å². The maximum atomic E-state index is 6.16. The average molecular weight is 306 g/mol. The molecule has 1 aromatic heterocycles. The van der Waals surface area contributed by atoms with Gasteiger partial charge in [-0.25, -0.2) is 0 Å². The molecule has 0 spiro atoms. The van der Waals surface area contributed by atoms with Crippen molar-refractivity contribution in [2.75, 3.05) is 6.54 Å². The van der Waals surface area contributed by atoms with Crippen molar-refractivity contribution in [3.8, 4) is 11.1 Å². The van der Waals surface area contributed by atoms with Crippen molar-refractivity contribution in [2.45, 2.75) is 46.7 Å². The molecule has 2 aromatic rings. The first-order valence-corrected chi connectivity index (χ1v) is 8.07. The van der Waals surface area contributed by atoms with Crippen molar-refractivity contribution in [1.82, 2.24) is 15.1 Å². The fourth-order valence-corrected chi connectivity index (χ4v) is 2.71. The van der Waals surface area contributed by atoms with E-state index in [0.717, 1.165) is 37.5 Å². The molecule has 3 nitrogen and oxygen atoms in total. The molecule has 1 N–H and O–H groups in total. The number of nitrogens with one attached hydrogen (secondary N) is 1. The van der Waals surface area contributed by atoms with E-state index in [1.54, 1.807) is 0 Å². The van der Waals surface area contributed by atoms with Crippen LogP contribution in [0.25, 0.3) is 11.1 Å². The zero-order valence-electron chi connectivity index (χ0n) is 13.1. The molecule has 0 amide bonds. The van der Waals surface area contributed by atoms with Gasteiger partial charge in [-0.2, -0.15) is 5.10 Å². The lowest BCUT2D eigenvalue weighted by molar-refractivity contribution is 0.587. The predicted octanol–water partition coefficient (Wildman–Crippen LogP) is 4.42. The Morgan fingerprint density at radius 1 is 1.19 bits per heavy atom. The highest BCUT2D eigenvalue weighted by Gasteiger charge is 2.12. The molecule has 0 radical (unpaired) electrons. The summed E-state index contributed by atoms with van der Waals surface area (Å²) < 4.78 is 2.08. The van der Waals surface area contributed by atoms with Crippen LogP contribution in [0.4, 0.5) is 0 Å². The molecule has 0 aliphatic rings. The Morgan fingerprint density at radius 3 is 2.71 bits per heavy atom. The fraction of sp³-hybridized carbons (Fsp3) is 0.471. The second kappa shape index (κ2) is 7.62. The number of rotatable bonds is 7. The Balaban J connectivity index is 2.34. The van der Waals surface area contributed by atoms with Crippen molar-refractivity contribution >= 4 is 11.6 Å². The van der Waals surface area contributed by atoms with Gasteiger partial charge in [-0.3, -0.25) is 4.68 Å². The molecule has 0 bridgehead atoms. The third kappa shape index (κ3) is 3.86. The van der Waals surface area contributed by atoms with Gasteiger partial charge in [-0.05, 0) is 49.6 Å². The molecular formula is C17H24ClN3. The number of nitrogens with zero attached hydrogens (tertiary/aromatic N) is 2.